The van der Waals surface area contributed by atoms with Crippen molar-refractivity contribution in [1.29, 1.82) is 0 Å². The third kappa shape index (κ3) is 3.12. The summed E-state index contributed by atoms with van der Waals surface area (Å²) in [6.07, 6.45) is 5.92. The van der Waals surface area contributed by atoms with Crippen LogP contribution in [-0.4, -0.2) is 49.6 Å². The second-order valence-corrected chi connectivity index (χ2v) is 8.14. The maximum atomic E-state index is 13.2. The number of hydrogen-bond acceptors (Lipinski definition) is 4. The van der Waals surface area contributed by atoms with Gasteiger partial charge in [0.1, 0.15) is 5.82 Å². The predicted molar refractivity (Wildman–Crippen MR) is 78.2 cm³/mol. The van der Waals surface area contributed by atoms with Crippen molar-refractivity contribution >= 4 is 15.9 Å². The quantitative estimate of drug-likeness (QED) is 0.889. The molecular formula is C14H18FN3O3S. The van der Waals surface area contributed by atoms with Gasteiger partial charge in [0.2, 0.25) is 10.0 Å². The summed E-state index contributed by atoms with van der Waals surface area (Å²) in [6.45, 7) is 1.20. The monoisotopic (exact) mass is 327 g/mol. The van der Waals surface area contributed by atoms with Crippen LogP contribution in [0.2, 0.25) is 0 Å². The summed E-state index contributed by atoms with van der Waals surface area (Å²) < 4.78 is 38.2. The van der Waals surface area contributed by atoms with Gasteiger partial charge in [-0.05, 0) is 30.7 Å². The van der Waals surface area contributed by atoms with Gasteiger partial charge >= 0.3 is 0 Å². The van der Waals surface area contributed by atoms with E-state index < -0.39 is 15.8 Å². The highest BCUT2D eigenvalue weighted by atomic mass is 32.2. The van der Waals surface area contributed by atoms with Crippen LogP contribution in [0.3, 0.4) is 0 Å². The Morgan fingerprint density at radius 1 is 1.45 bits per heavy atom. The zero-order chi connectivity index (χ0) is 16.0. The lowest BCUT2D eigenvalue weighted by atomic mass is 9.65. The molecule has 120 valence electrons. The smallest absolute Gasteiger partial charge is 0.255 e. The summed E-state index contributed by atoms with van der Waals surface area (Å²) >= 11 is 0. The molecular weight excluding hydrogens is 309 g/mol. The molecule has 0 aromatic carbocycles. The Bertz CT molecular complexity index is 701. The molecule has 1 amide bonds. The summed E-state index contributed by atoms with van der Waals surface area (Å²) in [5, 5.41) is 0. The fourth-order valence-corrected chi connectivity index (χ4v) is 4.30. The molecule has 0 atom stereocenters. The van der Waals surface area contributed by atoms with Crippen LogP contribution in [-0.2, 0) is 10.0 Å². The molecule has 22 heavy (non-hydrogen) atoms. The van der Waals surface area contributed by atoms with Crippen LogP contribution in [0.25, 0.3) is 0 Å². The normalized spacial score (nSPS) is 27.9. The van der Waals surface area contributed by atoms with Gasteiger partial charge in [0.15, 0.2) is 0 Å². The van der Waals surface area contributed by atoms with E-state index in [1.54, 1.807) is 4.90 Å². The lowest BCUT2D eigenvalue weighted by molar-refractivity contribution is 0.0687. The first-order chi connectivity index (χ1) is 10.3. The van der Waals surface area contributed by atoms with E-state index in [-0.39, 0.29) is 22.9 Å². The van der Waals surface area contributed by atoms with Crippen LogP contribution >= 0.6 is 0 Å². The van der Waals surface area contributed by atoms with Crippen LogP contribution in [0.4, 0.5) is 4.39 Å². The number of pyridine rings is 1. The Labute approximate surface area is 128 Å². The van der Waals surface area contributed by atoms with Gasteiger partial charge in [0.05, 0.1) is 18.0 Å². The number of nitrogens with zero attached hydrogens (tertiary/aromatic N) is 2. The van der Waals surface area contributed by atoms with Crippen molar-refractivity contribution < 1.29 is 17.6 Å². The summed E-state index contributed by atoms with van der Waals surface area (Å²) in [5.41, 5.74) is 0.251. The molecule has 2 aliphatic rings. The number of carbonyl (C=O) groups is 1. The van der Waals surface area contributed by atoms with Crippen molar-refractivity contribution in [3.63, 3.8) is 0 Å². The molecule has 1 aliphatic carbocycles. The van der Waals surface area contributed by atoms with Crippen molar-refractivity contribution in [1.82, 2.24) is 14.6 Å². The summed E-state index contributed by atoms with van der Waals surface area (Å²) in [5.74, 6) is -0.746. The number of halogens is 1. The minimum Gasteiger partial charge on any atom is -0.338 e. The van der Waals surface area contributed by atoms with Gasteiger partial charge < -0.3 is 4.90 Å². The molecule has 8 heteroatoms. The topological polar surface area (TPSA) is 79.4 Å². The molecule has 0 radical (unpaired) electrons. The highest BCUT2D eigenvalue weighted by molar-refractivity contribution is 7.88. The van der Waals surface area contributed by atoms with Crippen molar-refractivity contribution in [2.45, 2.75) is 25.3 Å². The van der Waals surface area contributed by atoms with Gasteiger partial charge in [0.25, 0.3) is 5.91 Å². The average molecular weight is 327 g/mol. The number of hydrogen-bond donors (Lipinski definition) is 1. The van der Waals surface area contributed by atoms with E-state index in [0.29, 0.717) is 13.1 Å². The van der Waals surface area contributed by atoms with Crippen molar-refractivity contribution in [2.75, 3.05) is 19.3 Å². The Morgan fingerprint density at radius 3 is 2.82 bits per heavy atom. The number of aromatic nitrogens is 1. The van der Waals surface area contributed by atoms with Crippen LogP contribution in [0, 0.1) is 11.2 Å². The molecule has 1 saturated heterocycles. The molecule has 1 aromatic rings. The fourth-order valence-electron chi connectivity index (χ4n) is 3.52. The Morgan fingerprint density at radius 2 is 2.18 bits per heavy atom. The van der Waals surface area contributed by atoms with Gasteiger partial charge in [0, 0.05) is 25.3 Å². The van der Waals surface area contributed by atoms with E-state index in [1.807, 2.05) is 0 Å². The maximum absolute atomic E-state index is 13.2. The lowest BCUT2D eigenvalue weighted by Gasteiger charge is -2.45. The van der Waals surface area contributed by atoms with Crippen LogP contribution in [0.15, 0.2) is 18.5 Å². The Balaban J connectivity index is 1.61. The van der Waals surface area contributed by atoms with Crippen molar-refractivity contribution in [3.8, 4) is 0 Å². The van der Waals surface area contributed by atoms with E-state index in [9.17, 15) is 17.6 Å². The predicted octanol–water partition coefficient (Wildman–Crippen LogP) is 0.765. The second-order valence-electron chi connectivity index (χ2n) is 6.36. The maximum Gasteiger partial charge on any atom is 0.255 e. The molecule has 1 spiro atoms. The van der Waals surface area contributed by atoms with Crippen LogP contribution in [0.1, 0.15) is 29.6 Å². The highest BCUT2D eigenvalue weighted by Gasteiger charge is 2.50. The van der Waals surface area contributed by atoms with Crippen molar-refractivity contribution in [3.05, 3.63) is 29.8 Å². The fraction of sp³-hybridized carbons (Fsp3) is 0.571. The van der Waals surface area contributed by atoms with E-state index >= 15 is 0 Å². The average Bonchev–Trinajstić information content (AvgIpc) is 2.81. The van der Waals surface area contributed by atoms with E-state index in [0.717, 1.165) is 31.7 Å². The molecule has 1 aromatic heterocycles. The van der Waals surface area contributed by atoms with Gasteiger partial charge in [-0.25, -0.2) is 17.5 Å². The molecule has 2 fully saturated rings. The van der Waals surface area contributed by atoms with Crippen molar-refractivity contribution in [2.24, 2.45) is 5.41 Å². The zero-order valence-electron chi connectivity index (χ0n) is 12.3. The van der Waals surface area contributed by atoms with Gasteiger partial charge in [-0.1, -0.05) is 0 Å². The molecule has 3 rings (SSSR count). The number of likely N-dealkylation sites (tertiary alicyclic amines) is 1. The molecule has 1 N–H and O–H groups in total. The first kappa shape index (κ1) is 15.4. The zero-order valence-corrected chi connectivity index (χ0v) is 13.1. The molecule has 1 aliphatic heterocycles. The minimum absolute atomic E-state index is 0.00122. The second kappa shape index (κ2) is 5.27. The number of nitrogens with one attached hydrogen (secondary N) is 1. The van der Waals surface area contributed by atoms with Crippen LogP contribution < -0.4 is 4.72 Å². The number of carbonyl (C=O) groups excluding carboxylic acids is 1. The third-order valence-electron chi connectivity index (χ3n) is 4.42. The SMILES string of the molecule is CS(=O)(=O)NC1CC2(CCN(C(=O)c3cncc(F)c3)C2)C1. The van der Waals surface area contributed by atoms with Gasteiger partial charge in [-0.2, -0.15) is 0 Å². The van der Waals surface area contributed by atoms with E-state index in [4.69, 9.17) is 0 Å². The number of rotatable bonds is 3. The molecule has 6 nitrogen and oxygen atoms in total. The number of sulfonamides is 1. The largest absolute Gasteiger partial charge is 0.338 e. The summed E-state index contributed by atoms with van der Waals surface area (Å²) in [6, 6.07) is 1.15. The first-order valence-electron chi connectivity index (χ1n) is 7.14. The third-order valence-corrected chi connectivity index (χ3v) is 5.18. The van der Waals surface area contributed by atoms with Gasteiger partial charge in [-0.3, -0.25) is 9.78 Å². The molecule has 1 saturated carbocycles. The molecule has 0 unspecified atom stereocenters. The molecule has 2 heterocycles. The number of amides is 1. The van der Waals surface area contributed by atoms with Gasteiger partial charge in [-0.15, -0.1) is 0 Å². The van der Waals surface area contributed by atoms with E-state index in [2.05, 4.69) is 9.71 Å². The first-order valence-corrected chi connectivity index (χ1v) is 9.03. The van der Waals surface area contributed by atoms with E-state index in [1.165, 1.54) is 12.3 Å². The summed E-state index contributed by atoms with van der Waals surface area (Å²) in [7, 11) is -3.19. The Kier molecular flexibility index (Phi) is 3.68. The summed E-state index contributed by atoms with van der Waals surface area (Å²) in [4.78, 5) is 17.7. The lowest BCUT2D eigenvalue weighted by Crippen LogP contribution is -2.51. The minimum atomic E-state index is -3.19. The molecule has 0 bridgehead atoms. The standard InChI is InChI=1S/C14H18FN3O3S/c1-22(20,21)17-12-5-14(6-12)2-3-18(9-14)13(19)10-4-11(15)8-16-7-10/h4,7-8,12,17H,2-3,5-6,9H2,1H3. The van der Waals surface area contributed by atoms with Crippen LogP contribution in [0.5, 0.6) is 0 Å². The Hall–Kier alpha value is -1.54. The highest BCUT2D eigenvalue weighted by Crippen LogP contribution is 2.48.